The first kappa shape index (κ1) is 18.8. The molecule has 0 fully saturated rings. The normalized spacial score (nSPS) is 15.5. The van der Waals surface area contributed by atoms with E-state index in [0.717, 1.165) is 25.5 Å². The van der Waals surface area contributed by atoms with Crippen LogP contribution in [0.5, 0.6) is 0 Å². The van der Waals surface area contributed by atoms with Crippen LogP contribution in [0.4, 0.5) is 13.2 Å². The number of alkyl halides is 3. The van der Waals surface area contributed by atoms with Crippen LogP contribution in [0, 0.1) is 0 Å². The van der Waals surface area contributed by atoms with E-state index in [0.29, 0.717) is 19.6 Å². The van der Waals surface area contributed by atoms with Gasteiger partial charge in [0.15, 0.2) is 5.96 Å². The monoisotopic (exact) mass is 394 g/mol. The third kappa shape index (κ3) is 9.31. The third-order valence-electron chi connectivity index (χ3n) is 2.78. The van der Waals surface area contributed by atoms with Gasteiger partial charge in [0.1, 0.15) is 0 Å². The van der Waals surface area contributed by atoms with E-state index in [1.165, 1.54) is 0 Å². The van der Waals surface area contributed by atoms with E-state index in [1.54, 1.807) is 4.90 Å². The van der Waals surface area contributed by atoms with Crippen LogP contribution in [0.2, 0.25) is 0 Å². The Kier molecular flexibility index (Phi) is 9.50. The number of hydrogen-bond acceptors (Lipinski definition) is 4. The molecule has 114 valence electrons. The van der Waals surface area contributed by atoms with Crippen LogP contribution in [0.3, 0.4) is 0 Å². The van der Waals surface area contributed by atoms with Crippen molar-refractivity contribution in [2.45, 2.75) is 25.9 Å². The molecule has 0 aliphatic carbocycles. The Morgan fingerprint density at radius 2 is 2.11 bits per heavy atom. The van der Waals surface area contributed by atoms with Crippen LogP contribution in [-0.2, 0) is 0 Å². The second-order valence-electron chi connectivity index (χ2n) is 4.24. The van der Waals surface area contributed by atoms with Gasteiger partial charge in [0.2, 0.25) is 0 Å². The molecule has 0 aromatic heterocycles. The molecule has 1 aliphatic heterocycles. The highest BCUT2D eigenvalue weighted by Gasteiger charge is 2.27. The number of hydrogen-bond donors (Lipinski definition) is 2. The molecule has 4 nitrogen and oxygen atoms in total. The second-order valence-corrected chi connectivity index (χ2v) is 4.24. The molecule has 0 saturated carbocycles. The minimum absolute atomic E-state index is 0. The number of likely N-dealkylation sites (N-methyl/N-ethyl adjacent to an activating group) is 1. The van der Waals surface area contributed by atoms with E-state index < -0.39 is 12.6 Å². The number of aliphatic imine (C=N–C) groups is 1. The van der Waals surface area contributed by atoms with Crippen LogP contribution in [-0.4, -0.2) is 56.3 Å². The van der Waals surface area contributed by atoms with Crippen LogP contribution >= 0.6 is 24.0 Å². The summed E-state index contributed by atoms with van der Waals surface area (Å²) in [6, 6.07) is 0. The lowest BCUT2D eigenvalue weighted by atomic mass is 10.3. The molecule has 0 radical (unpaired) electrons. The van der Waals surface area contributed by atoms with Crippen molar-refractivity contribution in [1.29, 1.82) is 0 Å². The highest BCUT2D eigenvalue weighted by Crippen LogP contribution is 2.19. The standard InChI is InChI=1S/C11H21F3N4.HI/c1-2-18(8-4-11(12,13)14)9-7-17-10-15-5-3-6-16-10;/h2-9H2,1H3,(H2,15,16,17);1H. The molecular weight excluding hydrogens is 372 g/mol. The molecule has 0 atom stereocenters. The first-order valence-corrected chi connectivity index (χ1v) is 6.32. The molecule has 0 saturated heterocycles. The largest absolute Gasteiger partial charge is 0.390 e. The van der Waals surface area contributed by atoms with Crippen LogP contribution in [0.25, 0.3) is 0 Å². The minimum atomic E-state index is -4.07. The van der Waals surface area contributed by atoms with Gasteiger partial charge in [0, 0.05) is 32.7 Å². The van der Waals surface area contributed by atoms with E-state index in [9.17, 15) is 13.2 Å². The van der Waals surface area contributed by atoms with Crippen molar-refractivity contribution in [3.63, 3.8) is 0 Å². The van der Waals surface area contributed by atoms with Crippen molar-refractivity contribution in [2.75, 3.05) is 39.3 Å². The summed E-state index contributed by atoms with van der Waals surface area (Å²) in [5, 5.41) is 6.21. The predicted molar refractivity (Wildman–Crippen MR) is 81.1 cm³/mol. The highest BCUT2D eigenvalue weighted by atomic mass is 127. The summed E-state index contributed by atoms with van der Waals surface area (Å²) in [6.45, 7) is 5.45. The molecule has 1 aliphatic rings. The molecule has 8 heteroatoms. The molecule has 0 spiro atoms. The molecule has 0 aromatic carbocycles. The molecule has 0 unspecified atom stereocenters. The van der Waals surface area contributed by atoms with E-state index in [1.807, 2.05) is 6.92 Å². The van der Waals surface area contributed by atoms with Crippen LogP contribution in [0.15, 0.2) is 4.99 Å². The molecule has 0 amide bonds. The average molecular weight is 394 g/mol. The fourth-order valence-corrected chi connectivity index (χ4v) is 1.70. The Bertz CT molecular complexity index is 271. The Morgan fingerprint density at radius 1 is 1.37 bits per heavy atom. The van der Waals surface area contributed by atoms with E-state index in [4.69, 9.17) is 0 Å². The maximum atomic E-state index is 12.1. The van der Waals surface area contributed by atoms with Crippen molar-refractivity contribution in [3.8, 4) is 0 Å². The van der Waals surface area contributed by atoms with Crippen molar-refractivity contribution in [1.82, 2.24) is 15.5 Å². The van der Waals surface area contributed by atoms with Gasteiger partial charge in [-0.05, 0) is 13.0 Å². The van der Waals surface area contributed by atoms with Crippen molar-refractivity contribution in [3.05, 3.63) is 0 Å². The number of guanidine groups is 1. The lowest BCUT2D eigenvalue weighted by Gasteiger charge is -2.22. The summed E-state index contributed by atoms with van der Waals surface area (Å²) in [5.74, 6) is 0.758. The summed E-state index contributed by atoms with van der Waals surface area (Å²) < 4.78 is 36.3. The molecule has 1 rings (SSSR count). The molecule has 1 heterocycles. The lowest BCUT2D eigenvalue weighted by molar-refractivity contribution is -0.137. The average Bonchev–Trinajstić information content (AvgIpc) is 2.33. The first-order valence-electron chi connectivity index (χ1n) is 6.32. The molecule has 2 N–H and O–H groups in total. The van der Waals surface area contributed by atoms with Crippen molar-refractivity contribution in [2.24, 2.45) is 4.99 Å². The minimum Gasteiger partial charge on any atom is -0.356 e. The van der Waals surface area contributed by atoms with E-state index in [-0.39, 0.29) is 30.5 Å². The summed E-state index contributed by atoms with van der Waals surface area (Å²) in [6.07, 6.45) is -3.80. The summed E-state index contributed by atoms with van der Waals surface area (Å²) in [7, 11) is 0. The number of nitrogens with zero attached hydrogens (tertiary/aromatic N) is 2. The number of nitrogens with one attached hydrogen (secondary N) is 2. The molecular formula is C11H22F3IN4. The molecule has 0 aromatic rings. The Hall–Kier alpha value is -0.250. The zero-order chi connectivity index (χ0) is 13.4. The number of rotatable bonds is 6. The third-order valence-corrected chi connectivity index (χ3v) is 2.78. The van der Waals surface area contributed by atoms with Gasteiger partial charge in [-0.1, -0.05) is 6.92 Å². The predicted octanol–water partition coefficient (Wildman–Crippen LogP) is 1.82. The summed E-state index contributed by atoms with van der Waals surface area (Å²) >= 11 is 0. The van der Waals surface area contributed by atoms with Gasteiger partial charge in [0.05, 0.1) is 6.42 Å². The van der Waals surface area contributed by atoms with Gasteiger partial charge in [-0.25, -0.2) is 0 Å². The van der Waals surface area contributed by atoms with Gasteiger partial charge in [-0.15, -0.1) is 24.0 Å². The Labute approximate surface area is 129 Å². The Balaban J connectivity index is 0.00000324. The van der Waals surface area contributed by atoms with Crippen molar-refractivity contribution >= 4 is 29.9 Å². The van der Waals surface area contributed by atoms with Crippen molar-refractivity contribution < 1.29 is 13.2 Å². The van der Waals surface area contributed by atoms with Gasteiger partial charge in [-0.2, -0.15) is 13.2 Å². The zero-order valence-electron chi connectivity index (χ0n) is 11.1. The van der Waals surface area contributed by atoms with Crippen LogP contribution < -0.4 is 10.6 Å². The number of halogens is 4. The second kappa shape index (κ2) is 9.62. The maximum Gasteiger partial charge on any atom is 0.390 e. The zero-order valence-corrected chi connectivity index (χ0v) is 13.4. The smallest absolute Gasteiger partial charge is 0.356 e. The maximum absolute atomic E-state index is 12.1. The van der Waals surface area contributed by atoms with Gasteiger partial charge < -0.3 is 15.5 Å². The quantitative estimate of drug-likeness (QED) is 0.676. The van der Waals surface area contributed by atoms with E-state index in [2.05, 4.69) is 15.6 Å². The SMILES string of the molecule is CCN(CCNC1=NCCCN1)CCC(F)(F)F.I. The van der Waals surface area contributed by atoms with Gasteiger partial charge >= 0.3 is 6.18 Å². The topological polar surface area (TPSA) is 39.7 Å². The fraction of sp³-hybridized carbons (Fsp3) is 0.909. The highest BCUT2D eigenvalue weighted by molar-refractivity contribution is 14.0. The lowest BCUT2D eigenvalue weighted by Crippen LogP contribution is -2.44. The van der Waals surface area contributed by atoms with Gasteiger partial charge in [0.25, 0.3) is 0 Å². The summed E-state index contributed by atoms with van der Waals surface area (Å²) in [4.78, 5) is 6.01. The summed E-state index contributed by atoms with van der Waals surface area (Å²) in [5.41, 5.74) is 0. The fourth-order valence-electron chi connectivity index (χ4n) is 1.70. The Morgan fingerprint density at radius 3 is 2.63 bits per heavy atom. The van der Waals surface area contributed by atoms with Crippen LogP contribution in [0.1, 0.15) is 19.8 Å². The van der Waals surface area contributed by atoms with E-state index >= 15 is 0 Å². The molecule has 0 bridgehead atoms. The first-order chi connectivity index (χ1) is 8.51. The van der Waals surface area contributed by atoms with Gasteiger partial charge in [-0.3, -0.25) is 4.99 Å². The molecule has 19 heavy (non-hydrogen) atoms.